The number of carbonyl (C=O) groups excluding carboxylic acids is 3. The van der Waals surface area contributed by atoms with Gasteiger partial charge in [0.2, 0.25) is 17.7 Å². The lowest BCUT2D eigenvalue weighted by Gasteiger charge is -2.24. The molecule has 0 aliphatic carbocycles. The van der Waals surface area contributed by atoms with Gasteiger partial charge < -0.3 is 38.3 Å². The molecule has 1 aromatic carbocycles. The van der Waals surface area contributed by atoms with Gasteiger partial charge in [0.1, 0.15) is 18.1 Å². The van der Waals surface area contributed by atoms with Crippen LogP contribution in [-0.2, 0) is 25.6 Å². The molecule has 202 valence electrons. The molecule has 0 aliphatic rings. The van der Waals surface area contributed by atoms with Crippen LogP contribution in [0.4, 0.5) is 0 Å². The zero-order valence-electron chi connectivity index (χ0n) is 20.5. The second-order valence-corrected chi connectivity index (χ2v) is 8.93. The van der Waals surface area contributed by atoms with Gasteiger partial charge in [-0.25, -0.2) is 4.79 Å². The van der Waals surface area contributed by atoms with Gasteiger partial charge in [-0.3, -0.25) is 14.4 Å². The summed E-state index contributed by atoms with van der Waals surface area (Å²) in [5.41, 5.74) is 17.7. The van der Waals surface area contributed by atoms with Gasteiger partial charge in [0.05, 0.1) is 6.04 Å². The van der Waals surface area contributed by atoms with Crippen LogP contribution in [0.1, 0.15) is 44.1 Å². The van der Waals surface area contributed by atoms with Crippen LogP contribution < -0.4 is 33.2 Å². The number of thiol groups is 1. The largest absolute Gasteiger partial charge is 0.480 e. The SMILES string of the molecule is NCCCCC(N)C(=O)NC(CCCCN)C(=O)NC(CS)C(=O)NC(Cc1ccccc1)C(=O)O. The van der Waals surface area contributed by atoms with Crippen molar-refractivity contribution in [3.63, 3.8) is 0 Å². The van der Waals surface area contributed by atoms with Crippen LogP contribution in [0.5, 0.6) is 0 Å². The second-order valence-electron chi connectivity index (χ2n) is 8.57. The molecule has 1 rings (SSSR count). The number of hydrogen-bond acceptors (Lipinski definition) is 8. The van der Waals surface area contributed by atoms with Crippen molar-refractivity contribution in [2.45, 2.75) is 69.1 Å². The van der Waals surface area contributed by atoms with Crippen molar-refractivity contribution >= 4 is 36.3 Å². The number of nitrogens with two attached hydrogens (primary N) is 3. The number of benzene rings is 1. The summed E-state index contributed by atoms with van der Waals surface area (Å²) in [6, 6.07) is 4.85. The van der Waals surface area contributed by atoms with Gasteiger partial charge >= 0.3 is 5.97 Å². The minimum atomic E-state index is -1.20. The Morgan fingerprint density at radius 3 is 1.86 bits per heavy atom. The molecule has 0 radical (unpaired) electrons. The highest BCUT2D eigenvalue weighted by molar-refractivity contribution is 7.80. The number of unbranched alkanes of at least 4 members (excludes halogenated alkanes) is 2. The fourth-order valence-corrected chi connectivity index (χ4v) is 3.73. The van der Waals surface area contributed by atoms with Crippen molar-refractivity contribution in [3.05, 3.63) is 35.9 Å². The predicted octanol–water partition coefficient (Wildman–Crippen LogP) is -0.717. The van der Waals surface area contributed by atoms with E-state index < -0.39 is 47.9 Å². The first kappa shape index (κ1) is 31.4. The Labute approximate surface area is 217 Å². The average molecular weight is 525 g/mol. The van der Waals surface area contributed by atoms with Crippen molar-refractivity contribution in [1.29, 1.82) is 0 Å². The molecule has 4 atom stereocenters. The maximum atomic E-state index is 13.0. The lowest BCUT2D eigenvalue weighted by Crippen LogP contribution is -2.57. The molecule has 0 aliphatic heterocycles. The van der Waals surface area contributed by atoms with E-state index in [1.807, 2.05) is 0 Å². The van der Waals surface area contributed by atoms with Crippen LogP contribution in [0.25, 0.3) is 0 Å². The highest BCUT2D eigenvalue weighted by Gasteiger charge is 2.29. The summed E-state index contributed by atoms with van der Waals surface area (Å²) in [6.07, 6.45) is 3.46. The molecule has 0 heterocycles. The highest BCUT2D eigenvalue weighted by Crippen LogP contribution is 2.07. The maximum Gasteiger partial charge on any atom is 0.326 e. The van der Waals surface area contributed by atoms with Gasteiger partial charge in [0.15, 0.2) is 0 Å². The van der Waals surface area contributed by atoms with Crippen LogP contribution in [-0.4, -0.2) is 71.8 Å². The van der Waals surface area contributed by atoms with Crippen molar-refractivity contribution in [3.8, 4) is 0 Å². The minimum absolute atomic E-state index is 0.0721. The van der Waals surface area contributed by atoms with E-state index in [9.17, 15) is 24.3 Å². The van der Waals surface area contributed by atoms with Crippen LogP contribution in [0.2, 0.25) is 0 Å². The van der Waals surface area contributed by atoms with Gasteiger partial charge in [-0.05, 0) is 50.8 Å². The van der Waals surface area contributed by atoms with Crippen molar-refractivity contribution in [1.82, 2.24) is 16.0 Å². The van der Waals surface area contributed by atoms with Gasteiger partial charge in [-0.2, -0.15) is 12.6 Å². The Balaban J connectivity index is 2.82. The lowest BCUT2D eigenvalue weighted by atomic mass is 10.0. The van der Waals surface area contributed by atoms with Crippen molar-refractivity contribution in [2.24, 2.45) is 17.2 Å². The number of carboxylic acid groups (broad SMARTS) is 1. The van der Waals surface area contributed by atoms with Crippen LogP contribution in [0.15, 0.2) is 30.3 Å². The maximum absolute atomic E-state index is 13.0. The third-order valence-electron chi connectivity index (χ3n) is 5.60. The quantitative estimate of drug-likeness (QED) is 0.0907. The van der Waals surface area contributed by atoms with Gasteiger partial charge in [0.25, 0.3) is 0 Å². The number of nitrogens with one attached hydrogen (secondary N) is 3. The fraction of sp³-hybridized carbons (Fsp3) is 0.583. The molecule has 36 heavy (non-hydrogen) atoms. The van der Waals surface area contributed by atoms with E-state index in [0.29, 0.717) is 45.2 Å². The normalized spacial score (nSPS) is 14.2. The van der Waals surface area contributed by atoms with Crippen molar-refractivity contribution in [2.75, 3.05) is 18.8 Å². The smallest absolute Gasteiger partial charge is 0.326 e. The van der Waals surface area contributed by atoms with E-state index in [1.54, 1.807) is 30.3 Å². The molecular formula is C24H40N6O5S. The van der Waals surface area contributed by atoms with Crippen LogP contribution in [0, 0.1) is 0 Å². The number of amides is 3. The molecule has 0 spiro atoms. The Kier molecular flexibility index (Phi) is 15.4. The molecule has 11 nitrogen and oxygen atoms in total. The summed E-state index contributed by atoms with van der Waals surface area (Å²) in [5.74, 6) is -3.02. The second kappa shape index (κ2) is 17.7. The summed E-state index contributed by atoms with van der Waals surface area (Å²) in [5, 5.41) is 17.3. The molecule has 12 heteroatoms. The topological polar surface area (TPSA) is 203 Å². The van der Waals surface area contributed by atoms with E-state index in [1.165, 1.54) is 0 Å². The third kappa shape index (κ3) is 11.8. The standard InChI is InChI=1S/C24H40N6O5S/c25-12-6-4-10-17(27)21(31)28-18(11-5-7-13-26)22(32)30-20(15-36)23(33)29-19(24(34)35)14-16-8-2-1-3-9-16/h1-3,8-9,17-20,36H,4-7,10-15,25-27H2,(H,28,31)(H,29,33)(H,30,32)(H,34,35). The number of hydrogen-bond donors (Lipinski definition) is 8. The van der Waals surface area contributed by atoms with E-state index in [-0.39, 0.29) is 12.2 Å². The zero-order valence-corrected chi connectivity index (χ0v) is 21.4. The van der Waals surface area contributed by atoms with Gasteiger partial charge in [-0.1, -0.05) is 36.8 Å². The molecule has 0 saturated carbocycles. The summed E-state index contributed by atoms with van der Waals surface area (Å²) >= 11 is 4.15. The molecule has 0 aromatic heterocycles. The van der Waals surface area contributed by atoms with E-state index in [4.69, 9.17) is 17.2 Å². The summed E-state index contributed by atoms with van der Waals surface area (Å²) in [6.45, 7) is 0.931. The lowest BCUT2D eigenvalue weighted by molar-refractivity contribution is -0.142. The van der Waals surface area contributed by atoms with Crippen LogP contribution in [0.3, 0.4) is 0 Å². The summed E-state index contributed by atoms with van der Waals surface area (Å²) in [4.78, 5) is 50.0. The summed E-state index contributed by atoms with van der Waals surface area (Å²) < 4.78 is 0. The van der Waals surface area contributed by atoms with E-state index in [2.05, 4.69) is 28.6 Å². The zero-order chi connectivity index (χ0) is 26.9. The molecule has 0 fully saturated rings. The van der Waals surface area contributed by atoms with E-state index >= 15 is 0 Å². The van der Waals surface area contributed by atoms with Gasteiger partial charge in [-0.15, -0.1) is 0 Å². The highest BCUT2D eigenvalue weighted by atomic mass is 32.1. The Bertz CT molecular complexity index is 828. The number of carbonyl (C=O) groups is 4. The predicted molar refractivity (Wildman–Crippen MR) is 141 cm³/mol. The Morgan fingerprint density at radius 1 is 0.778 bits per heavy atom. The molecule has 0 saturated heterocycles. The fourth-order valence-electron chi connectivity index (χ4n) is 3.47. The molecule has 0 bridgehead atoms. The first-order valence-corrected chi connectivity index (χ1v) is 12.8. The third-order valence-corrected chi connectivity index (χ3v) is 5.96. The first-order chi connectivity index (χ1) is 17.2. The summed E-state index contributed by atoms with van der Waals surface area (Å²) in [7, 11) is 0. The molecule has 10 N–H and O–H groups in total. The molecular weight excluding hydrogens is 484 g/mol. The Morgan fingerprint density at radius 2 is 1.31 bits per heavy atom. The van der Waals surface area contributed by atoms with E-state index in [0.717, 1.165) is 12.0 Å². The molecule has 4 unspecified atom stereocenters. The number of carboxylic acids is 1. The molecule has 1 aromatic rings. The average Bonchev–Trinajstić information content (AvgIpc) is 2.86. The number of aliphatic carboxylic acids is 1. The van der Waals surface area contributed by atoms with Crippen molar-refractivity contribution < 1.29 is 24.3 Å². The monoisotopic (exact) mass is 524 g/mol. The molecule has 3 amide bonds. The number of rotatable bonds is 18. The van der Waals surface area contributed by atoms with Gasteiger partial charge in [0, 0.05) is 12.2 Å². The minimum Gasteiger partial charge on any atom is -0.480 e. The first-order valence-electron chi connectivity index (χ1n) is 12.2. The Hall–Kier alpha value is -2.67. The van der Waals surface area contributed by atoms with Crippen LogP contribution >= 0.6 is 12.6 Å².